The molecule has 102 valence electrons. The van der Waals surface area contributed by atoms with E-state index in [0.29, 0.717) is 5.69 Å². The molecule has 0 saturated carbocycles. The largest absolute Gasteiger partial charge is 0.359 e. The molecular formula is C16H15NO3. The van der Waals surface area contributed by atoms with E-state index in [4.69, 9.17) is 4.74 Å². The van der Waals surface area contributed by atoms with Gasteiger partial charge in [-0.1, -0.05) is 30.4 Å². The van der Waals surface area contributed by atoms with E-state index >= 15 is 0 Å². The van der Waals surface area contributed by atoms with Crippen molar-refractivity contribution in [3.8, 4) is 0 Å². The molecule has 3 aliphatic rings. The van der Waals surface area contributed by atoms with Gasteiger partial charge < -0.3 is 4.74 Å². The predicted octanol–water partition coefficient (Wildman–Crippen LogP) is 1.91. The lowest BCUT2D eigenvalue weighted by Crippen LogP contribution is -2.39. The van der Waals surface area contributed by atoms with E-state index in [-0.39, 0.29) is 11.8 Å². The van der Waals surface area contributed by atoms with Gasteiger partial charge in [0.1, 0.15) is 0 Å². The number of carbonyl (C=O) groups excluding carboxylic acids is 2. The SMILES string of the molecule is C[C@]12C=C[C@](C)(O1)[C@@H]1C(=O)N(c3ccccc3)C(=O)[C@@H]12. The molecule has 2 amide bonds. The van der Waals surface area contributed by atoms with Crippen LogP contribution in [0.3, 0.4) is 0 Å². The van der Waals surface area contributed by atoms with Crippen molar-refractivity contribution in [1.82, 2.24) is 0 Å². The Morgan fingerprint density at radius 3 is 1.95 bits per heavy atom. The Bertz CT molecular complexity index is 617. The van der Waals surface area contributed by atoms with E-state index in [1.165, 1.54) is 4.90 Å². The number of nitrogens with zero attached hydrogens (tertiary/aromatic N) is 1. The maximum absolute atomic E-state index is 12.7. The lowest BCUT2D eigenvalue weighted by atomic mass is 9.73. The van der Waals surface area contributed by atoms with Crippen LogP contribution in [0.1, 0.15) is 13.8 Å². The van der Waals surface area contributed by atoms with E-state index in [2.05, 4.69) is 0 Å². The van der Waals surface area contributed by atoms with Gasteiger partial charge in [0.05, 0.1) is 28.7 Å². The van der Waals surface area contributed by atoms with Crippen LogP contribution in [0.5, 0.6) is 0 Å². The minimum Gasteiger partial charge on any atom is -0.359 e. The van der Waals surface area contributed by atoms with Gasteiger partial charge in [0.15, 0.2) is 0 Å². The zero-order chi connectivity index (χ0) is 14.1. The lowest BCUT2D eigenvalue weighted by Gasteiger charge is -2.25. The van der Waals surface area contributed by atoms with Crippen LogP contribution >= 0.6 is 0 Å². The van der Waals surface area contributed by atoms with Crippen molar-refractivity contribution in [3.63, 3.8) is 0 Å². The molecule has 0 unspecified atom stereocenters. The van der Waals surface area contributed by atoms with Gasteiger partial charge in [0, 0.05) is 0 Å². The number of ether oxygens (including phenoxy) is 1. The van der Waals surface area contributed by atoms with Gasteiger partial charge in [-0.05, 0) is 26.0 Å². The summed E-state index contributed by atoms with van der Waals surface area (Å²) in [5.74, 6) is -1.13. The number of amides is 2. The second kappa shape index (κ2) is 3.38. The van der Waals surface area contributed by atoms with E-state index in [1.807, 2.05) is 44.2 Å². The molecule has 1 aromatic rings. The molecule has 0 aromatic heterocycles. The van der Waals surface area contributed by atoms with Gasteiger partial charge in [0.2, 0.25) is 11.8 Å². The molecule has 2 fully saturated rings. The molecular weight excluding hydrogens is 254 g/mol. The summed E-state index contributed by atoms with van der Waals surface area (Å²) in [5.41, 5.74) is -0.672. The maximum Gasteiger partial charge on any atom is 0.241 e. The van der Waals surface area contributed by atoms with Crippen molar-refractivity contribution >= 4 is 17.5 Å². The second-order valence-corrected chi connectivity index (χ2v) is 6.11. The molecule has 2 bridgehead atoms. The summed E-state index contributed by atoms with van der Waals surface area (Å²) in [5, 5.41) is 0. The molecule has 1 aromatic carbocycles. The Morgan fingerprint density at radius 2 is 1.45 bits per heavy atom. The molecule has 4 nitrogen and oxygen atoms in total. The van der Waals surface area contributed by atoms with Crippen LogP contribution in [-0.4, -0.2) is 23.0 Å². The molecule has 0 N–H and O–H groups in total. The van der Waals surface area contributed by atoms with Crippen LogP contribution in [0.2, 0.25) is 0 Å². The van der Waals surface area contributed by atoms with Crippen molar-refractivity contribution in [2.75, 3.05) is 4.90 Å². The number of imide groups is 1. The number of hydrogen-bond donors (Lipinski definition) is 0. The molecule has 0 aliphatic carbocycles. The third kappa shape index (κ3) is 1.20. The molecule has 4 atom stereocenters. The summed E-state index contributed by atoms with van der Waals surface area (Å²) in [7, 11) is 0. The smallest absolute Gasteiger partial charge is 0.241 e. The van der Waals surface area contributed by atoms with Gasteiger partial charge in [-0.15, -0.1) is 0 Å². The fourth-order valence-corrected chi connectivity index (χ4v) is 3.86. The van der Waals surface area contributed by atoms with Crippen molar-refractivity contribution in [2.24, 2.45) is 11.8 Å². The molecule has 3 aliphatic heterocycles. The monoisotopic (exact) mass is 269 g/mol. The van der Waals surface area contributed by atoms with E-state index in [0.717, 1.165) is 0 Å². The molecule has 3 heterocycles. The second-order valence-electron chi connectivity index (χ2n) is 6.11. The maximum atomic E-state index is 12.7. The van der Waals surface area contributed by atoms with E-state index in [1.54, 1.807) is 12.1 Å². The average Bonchev–Trinajstić information content (AvgIpc) is 2.96. The standard InChI is InChI=1S/C16H15NO3/c1-15-8-9-16(2,20-15)12-11(15)13(18)17(14(12)19)10-6-4-3-5-7-10/h3-9,11-12H,1-2H3/t11-,12+,15-,16+. The number of rotatable bonds is 1. The summed E-state index contributed by atoms with van der Waals surface area (Å²) < 4.78 is 5.96. The van der Waals surface area contributed by atoms with Gasteiger partial charge in [-0.3, -0.25) is 9.59 Å². The van der Waals surface area contributed by atoms with E-state index in [9.17, 15) is 9.59 Å². The number of hydrogen-bond acceptors (Lipinski definition) is 3. The first-order valence-corrected chi connectivity index (χ1v) is 6.80. The highest BCUT2D eigenvalue weighted by molar-refractivity contribution is 6.23. The fourth-order valence-electron chi connectivity index (χ4n) is 3.86. The number of benzene rings is 1. The molecule has 2 saturated heterocycles. The van der Waals surface area contributed by atoms with Crippen LogP contribution in [-0.2, 0) is 14.3 Å². The van der Waals surface area contributed by atoms with Crippen LogP contribution < -0.4 is 4.90 Å². The summed E-state index contributed by atoms with van der Waals surface area (Å²) >= 11 is 0. The molecule has 20 heavy (non-hydrogen) atoms. The Labute approximate surface area is 117 Å². The Morgan fingerprint density at radius 1 is 0.950 bits per heavy atom. The highest BCUT2D eigenvalue weighted by atomic mass is 16.5. The van der Waals surface area contributed by atoms with Gasteiger partial charge in [-0.25, -0.2) is 4.90 Å². The molecule has 0 radical (unpaired) electrons. The first-order valence-electron chi connectivity index (χ1n) is 6.80. The van der Waals surface area contributed by atoms with Crippen molar-refractivity contribution in [1.29, 1.82) is 0 Å². The normalized spacial score (nSPS) is 41.6. The fraction of sp³-hybridized carbons (Fsp3) is 0.375. The minimum atomic E-state index is -0.657. The van der Waals surface area contributed by atoms with Gasteiger partial charge in [-0.2, -0.15) is 0 Å². The van der Waals surface area contributed by atoms with Crippen LogP contribution in [0.15, 0.2) is 42.5 Å². The van der Waals surface area contributed by atoms with Crippen molar-refractivity contribution in [2.45, 2.75) is 25.0 Å². The van der Waals surface area contributed by atoms with Gasteiger partial charge >= 0.3 is 0 Å². The third-order valence-corrected chi connectivity index (χ3v) is 4.74. The Hall–Kier alpha value is -1.94. The Balaban J connectivity index is 1.83. The van der Waals surface area contributed by atoms with E-state index < -0.39 is 23.0 Å². The molecule has 4 heteroatoms. The lowest BCUT2D eigenvalue weighted by molar-refractivity contribution is -0.128. The first kappa shape index (κ1) is 11.9. The summed E-state index contributed by atoms with van der Waals surface area (Å²) in [6.07, 6.45) is 3.85. The topological polar surface area (TPSA) is 46.6 Å². The highest BCUT2D eigenvalue weighted by Crippen LogP contribution is 2.57. The minimum absolute atomic E-state index is 0.151. The summed E-state index contributed by atoms with van der Waals surface area (Å²) in [6.45, 7) is 3.78. The number of anilines is 1. The molecule has 4 rings (SSSR count). The summed E-state index contributed by atoms with van der Waals surface area (Å²) in [6, 6.07) is 9.11. The van der Waals surface area contributed by atoms with Crippen LogP contribution in [0.4, 0.5) is 5.69 Å². The van der Waals surface area contributed by atoms with Crippen LogP contribution in [0, 0.1) is 11.8 Å². The number of fused-ring (bicyclic) bond motifs is 5. The summed E-state index contributed by atoms with van der Waals surface area (Å²) in [4.78, 5) is 26.8. The highest BCUT2D eigenvalue weighted by Gasteiger charge is 2.70. The zero-order valence-electron chi connectivity index (χ0n) is 11.4. The number of para-hydroxylation sites is 1. The molecule has 0 spiro atoms. The van der Waals surface area contributed by atoms with Crippen molar-refractivity contribution < 1.29 is 14.3 Å². The predicted molar refractivity (Wildman–Crippen MR) is 73.0 cm³/mol. The zero-order valence-corrected chi connectivity index (χ0v) is 11.4. The number of carbonyl (C=O) groups is 2. The van der Waals surface area contributed by atoms with Crippen molar-refractivity contribution in [3.05, 3.63) is 42.5 Å². The quantitative estimate of drug-likeness (QED) is 0.578. The first-order chi connectivity index (χ1) is 9.46. The average molecular weight is 269 g/mol. The van der Waals surface area contributed by atoms with Gasteiger partial charge in [0.25, 0.3) is 0 Å². The third-order valence-electron chi connectivity index (χ3n) is 4.74. The Kier molecular flexibility index (Phi) is 2.01. The van der Waals surface area contributed by atoms with Crippen LogP contribution in [0.25, 0.3) is 0 Å².